The van der Waals surface area contributed by atoms with Crippen LogP contribution in [0.2, 0.25) is 0 Å². The molecule has 1 fully saturated rings. The van der Waals surface area contributed by atoms with Crippen molar-refractivity contribution in [3.8, 4) is 0 Å². The van der Waals surface area contributed by atoms with Gasteiger partial charge in [0.2, 0.25) is 0 Å². The van der Waals surface area contributed by atoms with Gasteiger partial charge in [-0.1, -0.05) is 12.1 Å². The number of hydrogen-bond acceptors (Lipinski definition) is 4. The fourth-order valence-corrected chi connectivity index (χ4v) is 3.53. The van der Waals surface area contributed by atoms with Crippen molar-refractivity contribution in [1.29, 1.82) is 0 Å². The number of halogens is 1. The summed E-state index contributed by atoms with van der Waals surface area (Å²) in [4.78, 5) is 29.3. The highest BCUT2D eigenvalue weighted by molar-refractivity contribution is 9.10. The van der Waals surface area contributed by atoms with E-state index in [1.165, 1.54) is 10.1 Å². The molecule has 0 bridgehead atoms. The molecule has 3 rings (SSSR count). The topological polar surface area (TPSA) is 57.6 Å². The van der Waals surface area contributed by atoms with Gasteiger partial charge in [0.25, 0.3) is 11.5 Å². The first-order valence-electron chi connectivity index (χ1n) is 8.60. The normalized spacial score (nSPS) is 15.8. The van der Waals surface area contributed by atoms with E-state index in [0.29, 0.717) is 10.2 Å². The lowest BCUT2D eigenvalue weighted by molar-refractivity contribution is 0.102. The zero-order valence-corrected chi connectivity index (χ0v) is 16.6. The van der Waals surface area contributed by atoms with E-state index in [1.54, 1.807) is 19.3 Å². The average molecular weight is 419 g/mol. The minimum atomic E-state index is -0.404. The number of benzene rings is 1. The molecule has 2 heterocycles. The number of carbonyl (C=O) groups is 1. The van der Waals surface area contributed by atoms with Crippen molar-refractivity contribution in [2.75, 3.05) is 38.5 Å². The van der Waals surface area contributed by atoms with Gasteiger partial charge in [0, 0.05) is 56.1 Å². The Balaban J connectivity index is 1.64. The summed E-state index contributed by atoms with van der Waals surface area (Å²) in [7, 11) is 3.77. The monoisotopic (exact) mass is 418 g/mol. The van der Waals surface area contributed by atoms with Crippen molar-refractivity contribution in [3.63, 3.8) is 0 Å². The summed E-state index contributed by atoms with van der Waals surface area (Å²) in [6, 6.07) is 9.34. The predicted molar refractivity (Wildman–Crippen MR) is 107 cm³/mol. The number of rotatable bonds is 4. The summed E-state index contributed by atoms with van der Waals surface area (Å²) >= 11 is 3.31. The molecule has 0 spiro atoms. The van der Waals surface area contributed by atoms with E-state index in [-0.39, 0.29) is 11.1 Å². The molecule has 6 nitrogen and oxygen atoms in total. The summed E-state index contributed by atoms with van der Waals surface area (Å²) < 4.78 is 2.07. The highest BCUT2D eigenvalue weighted by atomic mass is 79.9. The number of aromatic nitrogens is 1. The molecule has 0 aliphatic carbocycles. The van der Waals surface area contributed by atoms with Gasteiger partial charge < -0.3 is 14.8 Å². The van der Waals surface area contributed by atoms with E-state index >= 15 is 0 Å². The molecular weight excluding hydrogens is 396 g/mol. The summed E-state index contributed by atoms with van der Waals surface area (Å²) in [5.74, 6) is -0.404. The average Bonchev–Trinajstić information content (AvgIpc) is 2.61. The van der Waals surface area contributed by atoms with E-state index < -0.39 is 5.91 Å². The molecule has 1 amide bonds. The first kappa shape index (κ1) is 18.8. The molecular formula is C19H23BrN4O2. The number of likely N-dealkylation sites (N-methyl/N-ethyl adjacent to an activating group) is 1. The van der Waals surface area contributed by atoms with Gasteiger partial charge in [-0.3, -0.25) is 14.5 Å². The van der Waals surface area contributed by atoms with Crippen LogP contribution in [0.5, 0.6) is 0 Å². The Kier molecular flexibility index (Phi) is 5.90. The van der Waals surface area contributed by atoms with Crippen molar-refractivity contribution in [2.45, 2.75) is 6.54 Å². The molecule has 1 aliphatic heterocycles. The van der Waals surface area contributed by atoms with Gasteiger partial charge in [-0.05, 0) is 46.7 Å². The number of pyridine rings is 1. The van der Waals surface area contributed by atoms with Gasteiger partial charge in [-0.15, -0.1) is 0 Å². The highest BCUT2D eigenvalue weighted by Gasteiger charge is 2.15. The molecule has 2 aromatic rings. The maximum Gasteiger partial charge on any atom is 0.263 e. The van der Waals surface area contributed by atoms with Crippen LogP contribution in [0.15, 0.2) is 45.8 Å². The Morgan fingerprint density at radius 2 is 1.77 bits per heavy atom. The van der Waals surface area contributed by atoms with Gasteiger partial charge in [-0.25, -0.2) is 0 Å². The minimum Gasteiger partial charge on any atom is -0.322 e. The number of piperazine rings is 1. The van der Waals surface area contributed by atoms with Crippen molar-refractivity contribution < 1.29 is 4.79 Å². The lowest BCUT2D eigenvalue weighted by Crippen LogP contribution is -2.43. The number of aryl methyl sites for hydroxylation is 1. The van der Waals surface area contributed by atoms with Crippen LogP contribution in [0.25, 0.3) is 0 Å². The Bertz CT molecular complexity index is 840. The van der Waals surface area contributed by atoms with E-state index in [2.05, 4.69) is 38.1 Å². The van der Waals surface area contributed by atoms with Gasteiger partial charge in [0.1, 0.15) is 5.56 Å². The number of amides is 1. The predicted octanol–water partition coefficient (Wildman–Crippen LogP) is 2.15. The molecule has 1 aromatic heterocycles. The second-order valence-corrected chi connectivity index (χ2v) is 7.63. The SMILES string of the molecule is CN1CCN(Cc2ccc(NC(=O)c3cc(Br)cn(C)c3=O)cc2)CC1. The van der Waals surface area contributed by atoms with Gasteiger partial charge >= 0.3 is 0 Å². The van der Waals surface area contributed by atoms with Gasteiger partial charge in [0.05, 0.1) is 0 Å². The zero-order chi connectivity index (χ0) is 18.7. The number of anilines is 1. The van der Waals surface area contributed by atoms with E-state index in [9.17, 15) is 9.59 Å². The van der Waals surface area contributed by atoms with Crippen LogP contribution in [-0.2, 0) is 13.6 Å². The Hall–Kier alpha value is -1.96. The fourth-order valence-electron chi connectivity index (χ4n) is 2.99. The summed E-state index contributed by atoms with van der Waals surface area (Å²) in [5, 5.41) is 2.80. The Morgan fingerprint density at radius 1 is 1.12 bits per heavy atom. The second-order valence-electron chi connectivity index (χ2n) is 6.72. The third-order valence-corrected chi connectivity index (χ3v) is 5.04. The Labute approximate surface area is 161 Å². The smallest absolute Gasteiger partial charge is 0.263 e. The van der Waals surface area contributed by atoms with E-state index in [0.717, 1.165) is 32.7 Å². The fraction of sp³-hybridized carbons (Fsp3) is 0.368. The van der Waals surface area contributed by atoms with Crippen molar-refractivity contribution in [3.05, 3.63) is 62.5 Å². The molecule has 1 aliphatic rings. The first-order chi connectivity index (χ1) is 12.4. The lowest BCUT2D eigenvalue weighted by Gasteiger charge is -2.32. The zero-order valence-electron chi connectivity index (χ0n) is 15.0. The summed E-state index contributed by atoms with van der Waals surface area (Å²) in [6.07, 6.45) is 1.63. The number of nitrogens with zero attached hydrogens (tertiary/aromatic N) is 3. The van der Waals surface area contributed by atoms with Gasteiger partial charge in [0.15, 0.2) is 0 Å². The molecule has 138 valence electrons. The van der Waals surface area contributed by atoms with Crippen molar-refractivity contribution in [2.24, 2.45) is 7.05 Å². The number of carbonyl (C=O) groups excluding carboxylic acids is 1. The number of nitrogens with one attached hydrogen (secondary N) is 1. The molecule has 0 saturated carbocycles. The quantitative estimate of drug-likeness (QED) is 0.826. The molecule has 1 aromatic carbocycles. The molecule has 26 heavy (non-hydrogen) atoms. The van der Waals surface area contributed by atoms with E-state index in [4.69, 9.17) is 0 Å². The Morgan fingerprint density at radius 3 is 2.42 bits per heavy atom. The summed E-state index contributed by atoms with van der Waals surface area (Å²) in [5.41, 5.74) is 1.69. The van der Waals surface area contributed by atoms with Crippen molar-refractivity contribution in [1.82, 2.24) is 14.4 Å². The maximum atomic E-state index is 12.4. The number of hydrogen-bond donors (Lipinski definition) is 1. The third kappa shape index (κ3) is 4.60. The first-order valence-corrected chi connectivity index (χ1v) is 9.39. The van der Waals surface area contributed by atoms with Crippen LogP contribution >= 0.6 is 15.9 Å². The van der Waals surface area contributed by atoms with E-state index in [1.807, 2.05) is 24.3 Å². The molecule has 0 atom stereocenters. The molecule has 7 heteroatoms. The largest absolute Gasteiger partial charge is 0.322 e. The third-order valence-electron chi connectivity index (χ3n) is 4.61. The maximum absolute atomic E-state index is 12.4. The molecule has 0 unspecified atom stereocenters. The highest BCUT2D eigenvalue weighted by Crippen LogP contribution is 2.14. The molecule has 1 saturated heterocycles. The van der Waals surface area contributed by atoms with Crippen LogP contribution in [0.3, 0.4) is 0 Å². The second kappa shape index (κ2) is 8.16. The van der Waals surface area contributed by atoms with Gasteiger partial charge in [-0.2, -0.15) is 0 Å². The minimum absolute atomic E-state index is 0.114. The lowest BCUT2D eigenvalue weighted by atomic mass is 10.1. The van der Waals surface area contributed by atoms with Crippen LogP contribution < -0.4 is 10.9 Å². The van der Waals surface area contributed by atoms with Crippen LogP contribution in [0, 0.1) is 0 Å². The van der Waals surface area contributed by atoms with Crippen molar-refractivity contribution >= 4 is 27.5 Å². The standard InChI is InChI=1S/C19H23BrN4O2/c1-22-7-9-24(10-8-22)12-14-3-5-16(6-4-14)21-18(25)17-11-15(20)13-23(2)19(17)26/h3-6,11,13H,7-10,12H2,1-2H3,(H,21,25). The van der Waals surface area contributed by atoms with Crippen LogP contribution in [-0.4, -0.2) is 53.5 Å². The summed E-state index contributed by atoms with van der Waals surface area (Å²) in [6.45, 7) is 5.24. The van der Waals surface area contributed by atoms with Crippen LogP contribution in [0.1, 0.15) is 15.9 Å². The molecule has 1 N–H and O–H groups in total. The molecule has 0 radical (unpaired) electrons. The van der Waals surface area contributed by atoms with Crippen LogP contribution in [0.4, 0.5) is 5.69 Å².